The molecule has 1 amide bonds. The zero-order valence-corrected chi connectivity index (χ0v) is 17.2. The lowest BCUT2D eigenvalue weighted by atomic mass is 10.1. The third-order valence-corrected chi connectivity index (χ3v) is 4.48. The van der Waals surface area contributed by atoms with Gasteiger partial charge in [0.2, 0.25) is 0 Å². The second-order valence-electron chi connectivity index (χ2n) is 6.62. The van der Waals surface area contributed by atoms with Crippen LogP contribution in [0.5, 0.6) is 5.75 Å². The number of benzene rings is 3. The van der Waals surface area contributed by atoms with Gasteiger partial charge >= 0.3 is 5.97 Å². The SMILES string of the molecule is COC(=O)c1ccc(COc2ccccc2/C=C(\C#N)C(=O)Nc2ccccc2F)cc1. The summed E-state index contributed by atoms with van der Waals surface area (Å²) in [5, 5.41) is 11.8. The molecule has 32 heavy (non-hydrogen) atoms. The Bertz CT molecular complexity index is 1200. The second kappa shape index (κ2) is 10.5. The van der Waals surface area contributed by atoms with E-state index < -0.39 is 17.7 Å². The molecule has 160 valence electrons. The third-order valence-electron chi connectivity index (χ3n) is 4.48. The summed E-state index contributed by atoms with van der Waals surface area (Å²) >= 11 is 0. The number of esters is 1. The van der Waals surface area contributed by atoms with Gasteiger partial charge in [-0.2, -0.15) is 5.26 Å². The Morgan fingerprint density at radius 3 is 2.41 bits per heavy atom. The lowest BCUT2D eigenvalue weighted by Gasteiger charge is -2.10. The fourth-order valence-electron chi connectivity index (χ4n) is 2.80. The van der Waals surface area contributed by atoms with Gasteiger partial charge in [-0.05, 0) is 42.0 Å². The predicted molar refractivity (Wildman–Crippen MR) is 117 cm³/mol. The maximum absolute atomic E-state index is 13.8. The molecule has 0 aliphatic carbocycles. The van der Waals surface area contributed by atoms with E-state index in [1.807, 2.05) is 6.07 Å². The van der Waals surface area contributed by atoms with Crippen molar-refractivity contribution < 1.29 is 23.5 Å². The maximum atomic E-state index is 13.8. The number of carbonyl (C=O) groups excluding carboxylic acids is 2. The van der Waals surface area contributed by atoms with Gasteiger partial charge in [0.05, 0.1) is 18.4 Å². The van der Waals surface area contributed by atoms with Crippen LogP contribution in [0.1, 0.15) is 21.5 Å². The Morgan fingerprint density at radius 1 is 1.03 bits per heavy atom. The first-order valence-corrected chi connectivity index (χ1v) is 9.58. The van der Waals surface area contributed by atoms with Crippen LogP contribution in [0.15, 0.2) is 78.4 Å². The summed E-state index contributed by atoms with van der Waals surface area (Å²) in [6.07, 6.45) is 1.38. The molecule has 3 rings (SSSR count). The van der Waals surface area contributed by atoms with Gasteiger partial charge in [-0.25, -0.2) is 9.18 Å². The summed E-state index contributed by atoms with van der Waals surface area (Å²) < 4.78 is 24.3. The van der Waals surface area contributed by atoms with Crippen molar-refractivity contribution in [1.29, 1.82) is 5.26 Å². The van der Waals surface area contributed by atoms with Crippen LogP contribution in [0.3, 0.4) is 0 Å². The molecule has 0 aliphatic heterocycles. The minimum Gasteiger partial charge on any atom is -0.488 e. The molecule has 0 atom stereocenters. The number of hydrogen-bond acceptors (Lipinski definition) is 5. The van der Waals surface area contributed by atoms with Gasteiger partial charge in [-0.3, -0.25) is 4.79 Å². The molecule has 0 heterocycles. The fraction of sp³-hybridized carbons (Fsp3) is 0.0800. The first-order chi connectivity index (χ1) is 15.5. The highest BCUT2D eigenvalue weighted by atomic mass is 19.1. The van der Waals surface area contributed by atoms with E-state index in [1.54, 1.807) is 54.6 Å². The van der Waals surface area contributed by atoms with Crippen LogP contribution in [-0.4, -0.2) is 19.0 Å². The summed E-state index contributed by atoms with van der Waals surface area (Å²) in [5.74, 6) is -1.30. The van der Waals surface area contributed by atoms with Crippen LogP contribution in [-0.2, 0) is 16.1 Å². The minimum absolute atomic E-state index is 0.0152. The van der Waals surface area contributed by atoms with Gasteiger partial charge in [-0.1, -0.05) is 42.5 Å². The first-order valence-electron chi connectivity index (χ1n) is 9.58. The van der Waals surface area contributed by atoms with Crippen molar-refractivity contribution in [3.63, 3.8) is 0 Å². The molecule has 3 aromatic rings. The Kier molecular flexibility index (Phi) is 7.33. The number of amides is 1. The Balaban J connectivity index is 1.75. The summed E-state index contributed by atoms with van der Waals surface area (Å²) in [7, 11) is 1.32. The summed E-state index contributed by atoms with van der Waals surface area (Å²) in [4.78, 5) is 24.0. The standard InChI is InChI=1S/C25H19FN2O4/c1-31-25(30)18-12-10-17(11-13-18)16-32-23-9-5-2-6-19(23)14-20(15-27)24(29)28-22-8-4-3-7-21(22)26/h2-14H,16H2,1H3,(H,28,29)/b20-14+. The monoisotopic (exact) mass is 430 g/mol. The van der Waals surface area contributed by atoms with Crippen LogP contribution in [0.4, 0.5) is 10.1 Å². The highest BCUT2D eigenvalue weighted by Gasteiger charge is 2.13. The van der Waals surface area contributed by atoms with Crippen LogP contribution in [0, 0.1) is 17.1 Å². The van der Waals surface area contributed by atoms with Crippen molar-refractivity contribution in [2.24, 2.45) is 0 Å². The number of halogens is 1. The number of carbonyl (C=O) groups is 2. The summed E-state index contributed by atoms with van der Waals surface area (Å²) in [5.41, 5.74) is 1.54. The molecule has 6 nitrogen and oxygen atoms in total. The van der Waals surface area contributed by atoms with Crippen molar-refractivity contribution in [3.8, 4) is 11.8 Å². The quantitative estimate of drug-likeness (QED) is 0.332. The molecule has 0 fully saturated rings. The lowest BCUT2D eigenvalue weighted by molar-refractivity contribution is -0.112. The van der Waals surface area contributed by atoms with Crippen molar-refractivity contribution in [2.75, 3.05) is 12.4 Å². The van der Waals surface area contributed by atoms with Crippen molar-refractivity contribution in [3.05, 3.63) is 101 Å². The first kappa shape index (κ1) is 22.2. The van der Waals surface area contributed by atoms with E-state index in [0.717, 1.165) is 5.56 Å². The highest BCUT2D eigenvalue weighted by Crippen LogP contribution is 2.23. The maximum Gasteiger partial charge on any atom is 0.337 e. The predicted octanol–water partition coefficient (Wildman–Crippen LogP) is 4.74. The molecule has 3 aromatic carbocycles. The number of nitriles is 1. The number of nitrogens with zero attached hydrogens (tertiary/aromatic N) is 1. The number of hydrogen-bond donors (Lipinski definition) is 1. The average molecular weight is 430 g/mol. The number of methoxy groups -OCH3 is 1. The molecule has 0 unspecified atom stereocenters. The molecule has 0 saturated heterocycles. The van der Waals surface area contributed by atoms with Crippen LogP contribution < -0.4 is 10.1 Å². The van der Waals surface area contributed by atoms with Gasteiger partial charge in [0, 0.05) is 5.56 Å². The van der Waals surface area contributed by atoms with Gasteiger partial charge in [0.15, 0.2) is 0 Å². The minimum atomic E-state index is -0.731. The Hall–Kier alpha value is -4.44. The largest absolute Gasteiger partial charge is 0.488 e. The van der Waals surface area contributed by atoms with Crippen molar-refractivity contribution in [2.45, 2.75) is 6.61 Å². The zero-order valence-electron chi connectivity index (χ0n) is 17.2. The van der Waals surface area contributed by atoms with Crippen LogP contribution >= 0.6 is 0 Å². The molecule has 0 spiro atoms. The third kappa shape index (κ3) is 5.58. The number of anilines is 1. The van der Waals surface area contributed by atoms with Crippen molar-refractivity contribution >= 4 is 23.6 Å². The molecule has 7 heteroatoms. The van der Waals surface area contributed by atoms with E-state index in [0.29, 0.717) is 16.9 Å². The fourth-order valence-corrected chi connectivity index (χ4v) is 2.80. The van der Waals surface area contributed by atoms with Crippen LogP contribution in [0.2, 0.25) is 0 Å². The Morgan fingerprint density at radius 2 is 1.72 bits per heavy atom. The summed E-state index contributed by atoms with van der Waals surface area (Å²) in [6, 6.07) is 21.2. The zero-order chi connectivity index (χ0) is 22.9. The van der Waals surface area contributed by atoms with Gasteiger partial charge in [0.25, 0.3) is 5.91 Å². The van der Waals surface area contributed by atoms with E-state index in [-0.39, 0.29) is 17.9 Å². The van der Waals surface area contributed by atoms with Gasteiger partial charge in [0.1, 0.15) is 29.8 Å². The number of ether oxygens (including phenoxy) is 2. The van der Waals surface area contributed by atoms with Crippen LogP contribution in [0.25, 0.3) is 6.08 Å². The molecule has 0 aliphatic rings. The molecular weight excluding hydrogens is 411 g/mol. The molecule has 0 aromatic heterocycles. The molecule has 0 saturated carbocycles. The van der Waals surface area contributed by atoms with Crippen molar-refractivity contribution in [1.82, 2.24) is 0 Å². The molecule has 0 bridgehead atoms. The van der Waals surface area contributed by atoms with E-state index in [1.165, 1.54) is 31.4 Å². The lowest BCUT2D eigenvalue weighted by Crippen LogP contribution is -2.14. The normalized spacial score (nSPS) is 10.7. The van der Waals surface area contributed by atoms with E-state index in [2.05, 4.69) is 10.1 Å². The van der Waals surface area contributed by atoms with Gasteiger partial charge in [-0.15, -0.1) is 0 Å². The summed E-state index contributed by atoms with van der Waals surface area (Å²) in [6.45, 7) is 0.204. The second-order valence-corrected chi connectivity index (χ2v) is 6.62. The number of nitrogens with one attached hydrogen (secondary N) is 1. The number of rotatable bonds is 7. The smallest absolute Gasteiger partial charge is 0.337 e. The topological polar surface area (TPSA) is 88.4 Å². The van der Waals surface area contributed by atoms with E-state index in [4.69, 9.17) is 4.74 Å². The van der Waals surface area contributed by atoms with E-state index in [9.17, 15) is 19.2 Å². The number of para-hydroxylation sites is 2. The van der Waals surface area contributed by atoms with Gasteiger partial charge < -0.3 is 14.8 Å². The molecule has 1 N–H and O–H groups in total. The molecule has 0 radical (unpaired) electrons. The Labute approximate surface area is 184 Å². The highest BCUT2D eigenvalue weighted by molar-refractivity contribution is 6.09. The molecular formula is C25H19FN2O4. The average Bonchev–Trinajstić information content (AvgIpc) is 2.83. The van der Waals surface area contributed by atoms with E-state index >= 15 is 0 Å².